The number of thiophene rings is 1. The first-order valence-electron chi connectivity index (χ1n) is 9.97. The first-order valence-corrected chi connectivity index (χ1v) is 10.8. The standard InChI is InChI=1S/C22H26FN3O3S/c1-14(2)19(24-20(27)16-5-7-17(23)8-6-16)22(29)26-12-10-25(11-13-26)21(28)18-9-4-15(3)30-18/h4-9,14,19H,10-13H2,1-3H3,(H,24,27). The van der Waals surface area contributed by atoms with Crippen LogP contribution in [0, 0.1) is 18.7 Å². The summed E-state index contributed by atoms with van der Waals surface area (Å²) in [4.78, 5) is 43.4. The van der Waals surface area contributed by atoms with Crippen LogP contribution in [0.1, 0.15) is 38.8 Å². The van der Waals surface area contributed by atoms with E-state index in [0.717, 1.165) is 4.88 Å². The van der Waals surface area contributed by atoms with Crippen LogP contribution >= 0.6 is 11.3 Å². The minimum atomic E-state index is -0.690. The van der Waals surface area contributed by atoms with Crippen molar-refractivity contribution in [1.29, 1.82) is 0 Å². The van der Waals surface area contributed by atoms with Gasteiger partial charge in [-0.1, -0.05) is 13.8 Å². The molecule has 1 unspecified atom stereocenters. The third kappa shape index (κ3) is 5.05. The van der Waals surface area contributed by atoms with Gasteiger partial charge in [0, 0.05) is 36.6 Å². The molecule has 6 nitrogen and oxygen atoms in total. The van der Waals surface area contributed by atoms with E-state index in [-0.39, 0.29) is 17.7 Å². The lowest BCUT2D eigenvalue weighted by Crippen LogP contribution is -2.57. The normalized spacial score (nSPS) is 15.2. The van der Waals surface area contributed by atoms with Crippen LogP contribution in [-0.2, 0) is 4.79 Å². The second-order valence-electron chi connectivity index (χ2n) is 7.73. The minimum Gasteiger partial charge on any atom is -0.340 e. The fraction of sp³-hybridized carbons (Fsp3) is 0.409. The summed E-state index contributed by atoms with van der Waals surface area (Å²) in [7, 11) is 0. The summed E-state index contributed by atoms with van der Waals surface area (Å²) in [5.41, 5.74) is 0.302. The van der Waals surface area contributed by atoms with E-state index in [9.17, 15) is 18.8 Å². The average Bonchev–Trinajstić information content (AvgIpc) is 3.17. The van der Waals surface area contributed by atoms with Crippen LogP contribution in [0.25, 0.3) is 0 Å². The van der Waals surface area contributed by atoms with Crippen molar-refractivity contribution < 1.29 is 18.8 Å². The van der Waals surface area contributed by atoms with Gasteiger partial charge in [-0.15, -0.1) is 11.3 Å². The highest BCUT2D eigenvalue weighted by molar-refractivity contribution is 7.13. The Morgan fingerprint density at radius 1 is 0.967 bits per heavy atom. The number of nitrogens with one attached hydrogen (secondary N) is 1. The SMILES string of the molecule is Cc1ccc(C(=O)N2CCN(C(=O)C(NC(=O)c3ccc(F)cc3)C(C)C)CC2)s1. The topological polar surface area (TPSA) is 69.7 Å². The maximum absolute atomic E-state index is 13.1. The molecule has 1 atom stereocenters. The van der Waals surface area contributed by atoms with Crippen LogP contribution < -0.4 is 5.32 Å². The molecule has 3 rings (SSSR count). The van der Waals surface area contributed by atoms with Gasteiger partial charge in [0.05, 0.1) is 4.88 Å². The van der Waals surface area contributed by atoms with E-state index in [2.05, 4.69) is 5.32 Å². The van der Waals surface area contributed by atoms with Crippen LogP contribution in [0.2, 0.25) is 0 Å². The summed E-state index contributed by atoms with van der Waals surface area (Å²) in [6.45, 7) is 7.45. The number of aryl methyl sites for hydroxylation is 1. The highest BCUT2D eigenvalue weighted by Gasteiger charge is 2.32. The molecule has 3 amide bonds. The van der Waals surface area contributed by atoms with Crippen molar-refractivity contribution in [2.45, 2.75) is 26.8 Å². The zero-order valence-corrected chi connectivity index (χ0v) is 18.2. The lowest BCUT2D eigenvalue weighted by atomic mass is 10.0. The molecule has 8 heteroatoms. The Labute approximate surface area is 179 Å². The van der Waals surface area contributed by atoms with E-state index in [1.54, 1.807) is 9.80 Å². The third-order valence-corrected chi connectivity index (χ3v) is 6.14. The van der Waals surface area contributed by atoms with Crippen LogP contribution in [-0.4, -0.2) is 59.7 Å². The van der Waals surface area contributed by atoms with E-state index in [1.165, 1.54) is 35.6 Å². The number of carbonyl (C=O) groups is 3. The molecule has 2 aromatic rings. The molecule has 0 spiro atoms. The van der Waals surface area contributed by atoms with E-state index >= 15 is 0 Å². The molecule has 1 aliphatic rings. The van der Waals surface area contributed by atoms with Gasteiger partial charge in [0.25, 0.3) is 11.8 Å². The lowest BCUT2D eigenvalue weighted by Gasteiger charge is -2.37. The van der Waals surface area contributed by atoms with Crippen LogP contribution in [0.4, 0.5) is 4.39 Å². The predicted molar refractivity (Wildman–Crippen MR) is 114 cm³/mol. The Morgan fingerprint density at radius 3 is 2.10 bits per heavy atom. The number of nitrogens with zero attached hydrogens (tertiary/aromatic N) is 2. The fourth-order valence-electron chi connectivity index (χ4n) is 3.37. The molecule has 160 valence electrons. The second-order valence-corrected chi connectivity index (χ2v) is 9.02. The lowest BCUT2D eigenvalue weighted by molar-refractivity contribution is -0.135. The number of rotatable bonds is 5. The Hall–Kier alpha value is -2.74. The van der Waals surface area contributed by atoms with Gasteiger partial charge in [-0.05, 0) is 49.2 Å². The number of hydrogen-bond donors (Lipinski definition) is 1. The van der Waals surface area contributed by atoms with Crippen LogP contribution in [0.3, 0.4) is 0 Å². The molecule has 30 heavy (non-hydrogen) atoms. The summed E-state index contributed by atoms with van der Waals surface area (Å²) < 4.78 is 13.1. The number of piperazine rings is 1. The van der Waals surface area contributed by atoms with Gasteiger partial charge >= 0.3 is 0 Å². The highest BCUT2D eigenvalue weighted by atomic mass is 32.1. The van der Waals surface area contributed by atoms with Gasteiger partial charge in [0.2, 0.25) is 5.91 Å². The van der Waals surface area contributed by atoms with Gasteiger partial charge in [-0.2, -0.15) is 0 Å². The summed E-state index contributed by atoms with van der Waals surface area (Å²) in [5.74, 6) is -1.13. The maximum Gasteiger partial charge on any atom is 0.264 e. The van der Waals surface area contributed by atoms with Gasteiger partial charge in [0.15, 0.2) is 0 Å². The quantitative estimate of drug-likeness (QED) is 0.791. The molecule has 1 aliphatic heterocycles. The van der Waals surface area contributed by atoms with Crippen molar-refractivity contribution in [2.24, 2.45) is 5.92 Å². The zero-order chi connectivity index (χ0) is 21.8. The first kappa shape index (κ1) is 22.0. The molecule has 1 aromatic carbocycles. The number of benzene rings is 1. The molecule has 0 saturated carbocycles. The van der Waals surface area contributed by atoms with E-state index in [1.807, 2.05) is 32.9 Å². The Kier molecular flexibility index (Phi) is 6.87. The van der Waals surface area contributed by atoms with E-state index in [4.69, 9.17) is 0 Å². The number of carbonyl (C=O) groups excluding carboxylic acids is 3. The summed E-state index contributed by atoms with van der Waals surface area (Å²) in [6, 6.07) is 8.28. The first-order chi connectivity index (χ1) is 14.3. The summed E-state index contributed by atoms with van der Waals surface area (Å²) in [6.07, 6.45) is 0. The minimum absolute atomic E-state index is 0.00905. The van der Waals surface area contributed by atoms with Gasteiger partial charge in [-0.3, -0.25) is 14.4 Å². The van der Waals surface area contributed by atoms with Gasteiger partial charge < -0.3 is 15.1 Å². The van der Waals surface area contributed by atoms with Crippen molar-refractivity contribution in [1.82, 2.24) is 15.1 Å². The number of hydrogen-bond acceptors (Lipinski definition) is 4. The molecule has 0 aliphatic carbocycles. The Morgan fingerprint density at radius 2 is 1.57 bits per heavy atom. The highest BCUT2D eigenvalue weighted by Crippen LogP contribution is 2.19. The third-order valence-electron chi connectivity index (χ3n) is 5.16. The van der Waals surface area contributed by atoms with Crippen molar-refractivity contribution in [3.05, 3.63) is 57.5 Å². The molecule has 2 heterocycles. The average molecular weight is 432 g/mol. The fourth-order valence-corrected chi connectivity index (χ4v) is 4.21. The second kappa shape index (κ2) is 9.38. The van der Waals surface area contributed by atoms with Crippen molar-refractivity contribution in [2.75, 3.05) is 26.2 Å². The molecule has 1 fully saturated rings. The Balaban J connectivity index is 1.60. The van der Waals surface area contributed by atoms with Crippen molar-refractivity contribution >= 4 is 29.1 Å². The van der Waals surface area contributed by atoms with E-state index < -0.39 is 17.8 Å². The molecule has 0 bridgehead atoms. The largest absolute Gasteiger partial charge is 0.340 e. The van der Waals surface area contributed by atoms with Crippen molar-refractivity contribution in [3.8, 4) is 0 Å². The smallest absolute Gasteiger partial charge is 0.264 e. The number of amides is 3. The Bertz CT molecular complexity index is 918. The van der Waals surface area contributed by atoms with Gasteiger partial charge in [-0.25, -0.2) is 4.39 Å². The summed E-state index contributed by atoms with van der Waals surface area (Å²) in [5, 5.41) is 2.78. The molecular weight excluding hydrogens is 405 g/mol. The molecular formula is C22H26FN3O3S. The number of halogens is 1. The molecule has 0 radical (unpaired) electrons. The monoisotopic (exact) mass is 431 g/mol. The van der Waals surface area contributed by atoms with Crippen LogP contribution in [0.5, 0.6) is 0 Å². The predicted octanol–water partition coefficient (Wildman–Crippen LogP) is 2.93. The zero-order valence-electron chi connectivity index (χ0n) is 17.4. The van der Waals surface area contributed by atoms with E-state index in [0.29, 0.717) is 36.6 Å². The summed E-state index contributed by atoms with van der Waals surface area (Å²) >= 11 is 1.47. The molecule has 1 saturated heterocycles. The molecule has 1 N–H and O–H groups in total. The maximum atomic E-state index is 13.1. The molecule has 1 aromatic heterocycles. The van der Waals surface area contributed by atoms with Crippen LogP contribution in [0.15, 0.2) is 36.4 Å². The van der Waals surface area contributed by atoms with Gasteiger partial charge in [0.1, 0.15) is 11.9 Å². The van der Waals surface area contributed by atoms with Crippen molar-refractivity contribution in [3.63, 3.8) is 0 Å².